The van der Waals surface area contributed by atoms with E-state index in [-0.39, 0.29) is 11.2 Å². The molecule has 0 N–H and O–H groups in total. The first-order valence-electron chi connectivity index (χ1n) is 6.25. The molecule has 0 radical (unpaired) electrons. The summed E-state index contributed by atoms with van der Waals surface area (Å²) in [5.41, 5.74) is 2.83. The summed E-state index contributed by atoms with van der Waals surface area (Å²) in [7, 11) is 0. The van der Waals surface area contributed by atoms with Gasteiger partial charge in [-0.1, -0.05) is 50.3 Å². The Morgan fingerprint density at radius 2 is 1.94 bits per heavy atom. The van der Waals surface area contributed by atoms with Crippen LogP contribution in [0.5, 0.6) is 0 Å². The standard InChI is InChI=1S/C16H20O/c1-12(17)11-15-14(9-10-16(15,2)3)13-7-5-4-6-8-13/h4-9,15H,10-11H2,1-3H3. The smallest absolute Gasteiger partial charge is 0.130 e. The van der Waals surface area contributed by atoms with Crippen LogP contribution in [-0.4, -0.2) is 5.78 Å². The molecule has 1 heteroatoms. The van der Waals surface area contributed by atoms with Crippen molar-refractivity contribution in [3.05, 3.63) is 42.0 Å². The monoisotopic (exact) mass is 228 g/mol. The number of benzene rings is 1. The summed E-state index contributed by atoms with van der Waals surface area (Å²) >= 11 is 0. The van der Waals surface area contributed by atoms with Crippen molar-refractivity contribution in [2.75, 3.05) is 0 Å². The Kier molecular flexibility index (Phi) is 3.19. The first kappa shape index (κ1) is 12.1. The van der Waals surface area contributed by atoms with Gasteiger partial charge in [-0.3, -0.25) is 0 Å². The lowest BCUT2D eigenvalue weighted by Crippen LogP contribution is -2.22. The van der Waals surface area contributed by atoms with Crippen LogP contribution in [0, 0.1) is 11.3 Å². The molecule has 0 spiro atoms. The molecule has 0 fully saturated rings. The molecule has 0 aliphatic heterocycles. The number of ketones is 1. The van der Waals surface area contributed by atoms with Gasteiger partial charge >= 0.3 is 0 Å². The first-order valence-corrected chi connectivity index (χ1v) is 6.25. The molecule has 0 bridgehead atoms. The van der Waals surface area contributed by atoms with Crippen LogP contribution in [0.15, 0.2) is 36.4 Å². The Balaban J connectivity index is 2.31. The SMILES string of the molecule is CC(=O)CC1C(c2ccccc2)=CCC1(C)C. The van der Waals surface area contributed by atoms with Gasteiger partial charge in [-0.2, -0.15) is 0 Å². The molecule has 0 aromatic heterocycles. The van der Waals surface area contributed by atoms with E-state index in [4.69, 9.17) is 0 Å². The summed E-state index contributed by atoms with van der Waals surface area (Å²) in [6.45, 7) is 6.21. The lowest BCUT2D eigenvalue weighted by atomic mass is 9.75. The minimum atomic E-state index is 0.205. The first-order chi connectivity index (χ1) is 8.00. The summed E-state index contributed by atoms with van der Waals surface area (Å²) < 4.78 is 0. The molecule has 90 valence electrons. The van der Waals surface area contributed by atoms with Gasteiger partial charge in [0.15, 0.2) is 0 Å². The van der Waals surface area contributed by atoms with Crippen molar-refractivity contribution >= 4 is 11.4 Å². The van der Waals surface area contributed by atoms with E-state index in [1.807, 2.05) is 6.07 Å². The predicted molar refractivity (Wildman–Crippen MR) is 71.6 cm³/mol. The zero-order chi connectivity index (χ0) is 12.5. The quantitative estimate of drug-likeness (QED) is 0.761. The molecule has 17 heavy (non-hydrogen) atoms. The van der Waals surface area contributed by atoms with Crippen LogP contribution in [-0.2, 0) is 4.79 Å². The third-order valence-corrected chi connectivity index (χ3v) is 3.77. The Labute approximate surface area is 104 Å². The van der Waals surface area contributed by atoms with Crippen LogP contribution in [0.1, 0.15) is 39.2 Å². The van der Waals surface area contributed by atoms with Gasteiger partial charge in [-0.05, 0) is 35.8 Å². The number of carbonyl (C=O) groups excluding carboxylic acids is 1. The Hall–Kier alpha value is -1.37. The fraction of sp³-hybridized carbons (Fsp3) is 0.438. The van der Waals surface area contributed by atoms with Crippen LogP contribution in [0.25, 0.3) is 5.57 Å². The van der Waals surface area contributed by atoms with E-state index >= 15 is 0 Å². The summed E-state index contributed by atoms with van der Waals surface area (Å²) in [4.78, 5) is 11.4. The van der Waals surface area contributed by atoms with Crippen molar-refractivity contribution in [2.45, 2.75) is 33.6 Å². The number of carbonyl (C=O) groups is 1. The Morgan fingerprint density at radius 3 is 2.53 bits per heavy atom. The van der Waals surface area contributed by atoms with Crippen molar-refractivity contribution in [3.63, 3.8) is 0 Å². The van der Waals surface area contributed by atoms with Gasteiger partial charge in [0.05, 0.1) is 0 Å². The maximum atomic E-state index is 11.4. The lowest BCUT2D eigenvalue weighted by Gasteiger charge is -2.29. The molecule has 0 saturated carbocycles. The topological polar surface area (TPSA) is 17.1 Å². The fourth-order valence-electron chi connectivity index (χ4n) is 2.70. The average molecular weight is 228 g/mol. The number of Topliss-reactive ketones (excluding diaryl/α,β-unsaturated/α-hetero) is 1. The maximum Gasteiger partial charge on any atom is 0.130 e. The number of allylic oxidation sites excluding steroid dienone is 2. The fourth-order valence-corrected chi connectivity index (χ4v) is 2.70. The number of hydrogen-bond donors (Lipinski definition) is 0. The molecule has 0 amide bonds. The van der Waals surface area contributed by atoms with Crippen LogP contribution in [0.4, 0.5) is 0 Å². The molecular formula is C16H20O. The van der Waals surface area contributed by atoms with Crippen molar-refractivity contribution < 1.29 is 4.79 Å². The molecule has 1 aromatic carbocycles. The summed E-state index contributed by atoms with van der Waals surface area (Å²) in [6, 6.07) is 10.4. The highest BCUT2D eigenvalue weighted by Crippen LogP contribution is 2.48. The zero-order valence-electron chi connectivity index (χ0n) is 10.9. The van der Waals surface area contributed by atoms with E-state index in [2.05, 4.69) is 44.2 Å². The maximum absolute atomic E-state index is 11.4. The van der Waals surface area contributed by atoms with Gasteiger partial charge in [0, 0.05) is 6.42 Å². The van der Waals surface area contributed by atoms with E-state index in [0.717, 1.165) is 6.42 Å². The average Bonchev–Trinajstić information content (AvgIpc) is 2.56. The molecule has 1 nitrogen and oxygen atoms in total. The minimum Gasteiger partial charge on any atom is -0.300 e. The van der Waals surface area contributed by atoms with Gasteiger partial charge in [-0.25, -0.2) is 0 Å². The Bertz CT molecular complexity index is 440. The normalized spacial score (nSPS) is 22.3. The van der Waals surface area contributed by atoms with Gasteiger partial charge in [0.25, 0.3) is 0 Å². The van der Waals surface area contributed by atoms with Crippen LogP contribution in [0.3, 0.4) is 0 Å². The van der Waals surface area contributed by atoms with E-state index in [0.29, 0.717) is 12.3 Å². The highest BCUT2D eigenvalue weighted by Gasteiger charge is 2.37. The number of hydrogen-bond acceptors (Lipinski definition) is 1. The molecule has 1 aliphatic carbocycles. The van der Waals surface area contributed by atoms with Crippen LogP contribution in [0.2, 0.25) is 0 Å². The lowest BCUT2D eigenvalue weighted by molar-refractivity contribution is -0.118. The summed E-state index contributed by atoms with van der Waals surface area (Å²) in [5, 5.41) is 0. The highest BCUT2D eigenvalue weighted by molar-refractivity contribution is 5.81. The molecule has 0 saturated heterocycles. The molecule has 2 rings (SSSR count). The van der Waals surface area contributed by atoms with Crippen molar-refractivity contribution in [3.8, 4) is 0 Å². The molecule has 1 aromatic rings. The van der Waals surface area contributed by atoms with E-state index in [1.165, 1.54) is 11.1 Å². The summed E-state index contributed by atoms with van der Waals surface area (Å²) in [5.74, 6) is 0.647. The van der Waals surface area contributed by atoms with E-state index < -0.39 is 0 Å². The second-order valence-corrected chi connectivity index (χ2v) is 5.68. The minimum absolute atomic E-state index is 0.205. The highest BCUT2D eigenvalue weighted by atomic mass is 16.1. The van der Waals surface area contributed by atoms with Gasteiger partial charge < -0.3 is 4.79 Å². The zero-order valence-corrected chi connectivity index (χ0v) is 10.9. The van der Waals surface area contributed by atoms with E-state index in [1.54, 1.807) is 6.92 Å². The van der Waals surface area contributed by atoms with Gasteiger partial charge in [0.2, 0.25) is 0 Å². The van der Waals surface area contributed by atoms with Gasteiger partial charge in [0.1, 0.15) is 5.78 Å². The van der Waals surface area contributed by atoms with Crippen molar-refractivity contribution in [2.24, 2.45) is 11.3 Å². The largest absolute Gasteiger partial charge is 0.300 e. The molecule has 0 heterocycles. The molecular weight excluding hydrogens is 208 g/mol. The van der Waals surface area contributed by atoms with Crippen molar-refractivity contribution in [1.29, 1.82) is 0 Å². The Morgan fingerprint density at radius 1 is 1.29 bits per heavy atom. The van der Waals surface area contributed by atoms with Crippen LogP contribution >= 0.6 is 0 Å². The predicted octanol–water partition coefficient (Wildman–Crippen LogP) is 4.10. The summed E-state index contributed by atoms with van der Waals surface area (Å²) in [6.07, 6.45) is 4.03. The van der Waals surface area contributed by atoms with Gasteiger partial charge in [-0.15, -0.1) is 0 Å². The molecule has 1 aliphatic rings. The molecule has 1 atom stereocenters. The van der Waals surface area contributed by atoms with Crippen LogP contribution < -0.4 is 0 Å². The molecule has 1 unspecified atom stereocenters. The third-order valence-electron chi connectivity index (χ3n) is 3.77. The number of rotatable bonds is 3. The second kappa shape index (κ2) is 4.48. The van der Waals surface area contributed by atoms with Crippen molar-refractivity contribution in [1.82, 2.24) is 0 Å². The second-order valence-electron chi connectivity index (χ2n) is 5.68. The van der Waals surface area contributed by atoms with E-state index in [9.17, 15) is 4.79 Å². The third kappa shape index (κ3) is 2.49.